The Morgan fingerprint density at radius 3 is 2.85 bits per heavy atom. The highest BCUT2D eigenvalue weighted by Gasteiger charge is 2.29. The fourth-order valence-corrected chi connectivity index (χ4v) is 2.42. The first-order valence-electron chi connectivity index (χ1n) is 5.39. The van der Waals surface area contributed by atoms with Gasteiger partial charge in [-0.05, 0) is 25.3 Å². The van der Waals surface area contributed by atoms with Crippen molar-refractivity contribution in [3.8, 4) is 0 Å². The van der Waals surface area contributed by atoms with E-state index in [0.717, 1.165) is 19.6 Å². The highest BCUT2D eigenvalue weighted by molar-refractivity contribution is 4.85. The fourth-order valence-electron chi connectivity index (χ4n) is 2.42. The van der Waals surface area contributed by atoms with Crippen LogP contribution in [0.25, 0.3) is 0 Å². The maximum atomic E-state index is 9.58. The first kappa shape index (κ1) is 9.44. The maximum absolute atomic E-state index is 9.58. The van der Waals surface area contributed by atoms with Crippen molar-refractivity contribution >= 4 is 0 Å². The summed E-state index contributed by atoms with van der Waals surface area (Å²) in [5, 5.41) is 13.1. The summed E-state index contributed by atoms with van der Waals surface area (Å²) in [6.45, 7) is 6.38. The second kappa shape index (κ2) is 3.95. The average Bonchev–Trinajstić information content (AvgIpc) is 2.64. The molecule has 0 aromatic rings. The minimum absolute atomic E-state index is 0.0959. The van der Waals surface area contributed by atoms with Crippen LogP contribution in [0.1, 0.15) is 19.8 Å². The maximum Gasteiger partial charge on any atom is 0.0704 e. The van der Waals surface area contributed by atoms with Gasteiger partial charge in [-0.25, -0.2) is 0 Å². The Morgan fingerprint density at radius 1 is 1.46 bits per heavy atom. The summed E-state index contributed by atoms with van der Waals surface area (Å²) in [4.78, 5) is 2.39. The molecule has 0 aromatic heterocycles. The van der Waals surface area contributed by atoms with Crippen molar-refractivity contribution in [3.05, 3.63) is 0 Å². The fraction of sp³-hybridized carbons (Fsp3) is 1.00. The van der Waals surface area contributed by atoms with E-state index in [-0.39, 0.29) is 6.10 Å². The number of aliphatic hydroxyl groups excluding tert-OH is 1. The van der Waals surface area contributed by atoms with Crippen molar-refractivity contribution < 1.29 is 5.11 Å². The molecule has 2 aliphatic rings. The van der Waals surface area contributed by atoms with Crippen LogP contribution in [0.3, 0.4) is 0 Å². The molecule has 2 fully saturated rings. The van der Waals surface area contributed by atoms with Gasteiger partial charge in [-0.1, -0.05) is 6.92 Å². The summed E-state index contributed by atoms with van der Waals surface area (Å²) in [7, 11) is 0. The van der Waals surface area contributed by atoms with Gasteiger partial charge in [-0.15, -0.1) is 0 Å². The van der Waals surface area contributed by atoms with Gasteiger partial charge in [-0.3, -0.25) is 4.90 Å². The number of aliphatic hydroxyl groups is 1. The van der Waals surface area contributed by atoms with Gasteiger partial charge in [0.1, 0.15) is 0 Å². The standard InChI is InChI=1S/C10H20N2O/c1-8-5-12(7-10(8)13)6-9-3-2-4-11-9/h8-11,13H,2-7H2,1H3. The molecule has 0 spiro atoms. The summed E-state index contributed by atoms with van der Waals surface area (Å²) >= 11 is 0. The number of hydrogen-bond donors (Lipinski definition) is 2. The van der Waals surface area contributed by atoms with Crippen molar-refractivity contribution in [1.82, 2.24) is 10.2 Å². The summed E-state index contributed by atoms with van der Waals surface area (Å²) in [6, 6.07) is 0.678. The van der Waals surface area contributed by atoms with Crippen LogP contribution in [-0.4, -0.2) is 48.3 Å². The molecule has 3 nitrogen and oxygen atoms in total. The Morgan fingerprint density at radius 2 is 2.31 bits per heavy atom. The number of likely N-dealkylation sites (tertiary alicyclic amines) is 1. The van der Waals surface area contributed by atoms with Crippen LogP contribution < -0.4 is 5.32 Å². The molecule has 0 amide bonds. The molecule has 13 heavy (non-hydrogen) atoms. The lowest BCUT2D eigenvalue weighted by Crippen LogP contribution is -2.36. The predicted octanol–water partition coefficient (Wildman–Crippen LogP) is 0.0510. The van der Waals surface area contributed by atoms with Gasteiger partial charge in [0.2, 0.25) is 0 Å². The minimum Gasteiger partial charge on any atom is -0.391 e. The number of nitrogens with zero attached hydrogens (tertiary/aromatic N) is 1. The van der Waals surface area contributed by atoms with Crippen molar-refractivity contribution in [3.63, 3.8) is 0 Å². The highest BCUT2D eigenvalue weighted by atomic mass is 16.3. The van der Waals surface area contributed by atoms with Crippen LogP contribution in [0.2, 0.25) is 0 Å². The lowest BCUT2D eigenvalue weighted by atomic mass is 10.1. The minimum atomic E-state index is -0.0959. The monoisotopic (exact) mass is 184 g/mol. The molecule has 2 aliphatic heterocycles. The molecular formula is C10H20N2O. The molecule has 0 aliphatic carbocycles. The number of nitrogens with one attached hydrogen (secondary N) is 1. The molecule has 2 rings (SSSR count). The van der Waals surface area contributed by atoms with Gasteiger partial charge >= 0.3 is 0 Å². The molecule has 3 heteroatoms. The summed E-state index contributed by atoms with van der Waals surface area (Å²) < 4.78 is 0. The zero-order valence-electron chi connectivity index (χ0n) is 8.37. The van der Waals surface area contributed by atoms with Crippen LogP contribution >= 0.6 is 0 Å². The van der Waals surface area contributed by atoms with Crippen molar-refractivity contribution in [2.45, 2.75) is 31.9 Å². The zero-order valence-corrected chi connectivity index (χ0v) is 8.37. The molecule has 2 heterocycles. The van der Waals surface area contributed by atoms with E-state index in [4.69, 9.17) is 0 Å². The quantitative estimate of drug-likeness (QED) is 0.636. The third kappa shape index (κ3) is 2.22. The summed E-state index contributed by atoms with van der Waals surface area (Å²) in [5.74, 6) is 0.460. The number of rotatable bonds is 2. The SMILES string of the molecule is CC1CN(CC2CCCN2)CC1O. The zero-order chi connectivity index (χ0) is 9.26. The molecule has 0 saturated carbocycles. The van der Waals surface area contributed by atoms with E-state index < -0.39 is 0 Å². The van der Waals surface area contributed by atoms with E-state index in [0.29, 0.717) is 12.0 Å². The molecule has 0 bridgehead atoms. The number of β-amino-alcohol motifs (C(OH)–C–C–N with tert-alkyl or cyclic N) is 1. The predicted molar refractivity (Wildman–Crippen MR) is 52.6 cm³/mol. The second-order valence-electron chi connectivity index (χ2n) is 4.56. The van der Waals surface area contributed by atoms with E-state index in [9.17, 15) is 5.11 Å². The first-order valence-corrected chi connectivity index (χ1v) is 5.39. The largest absolute Gasteiger partial charge is 0.391 e. The highest BCUT2D eigenvalue weighted by Crippen LogP contribution is 2.17. The topological polar surface area (TPSA) is 35.5 Å². The first-order chi connectivity index (χ1) is 6.25. The molecule has 76 valence electrons. The normalized spacial score (nSPS) is 41.5. The Hall–Kier alpha value is -0.120. The molecule has 0 radical (unpaired) electrons. The average molecular weight is 184 g/mol. The summed E-state index contributed by atoms with van der Waals surface area (Å²) in [6.07, 6.45) is 2.53. The molecule has 2 saturated heterocycles. The third-order valence-corrected chi connectivity index (χ3v) is 3.29. The van der Waals surface area contributed by atoms with E-state index in [1.165, 1.54) is 19.4 Å². The van der Waals surface area contributed by atoms with Crippen molar-refractivity contribution in [1.29, 1.82) is 0 Å². The van der Waals surface area contributed by atoms with Gasteiger partial charge < -0.3 is 10.4 Å². The molecule has 3 unspecified atom stereocenters. The van der Waals surface area contributed by atoms with Gasteiger partial charge in [0.25, 0.3) is 0 Å². The van der Waals surface area contributed by atoms with Crippen LogP contribution in [0.15, 0.2) is 0 Å². The van der Waals surface area contributed by atoms with Crippen molar-refractivity contribution in [2.24, 2.45) is 5.92 Å². The van der Waals surface area contributed by atoms with Crippen LogP contribution in [-0.2, 0) is 0 Å². The Labute approximate surface area is 80.1 Å². The van der Waals surface area contributed by atoms with Crippen LogP contribution in [0.4, 0.5) is 0 Å². The van der Waals surface area contributed by atoms with E-state index >= 15 is 0 Å². The van der Waals surface area contributed by atoms with Gasteiger partial charge in [0.05, 0.1) is 6.10 Å². The van der Waals surface area contributed by atoms with E-state index in [1.807, 2.05) is 0 Å². The van der Waals surface area contributed by atoms with Gasteiger partial charge in [-0.2, -0.15) is 0 Å². The lowest BCUT2D eigenvalue weighted by molar-refractivity contribution is 0.147. The molecule has 3 atom stereocenters. The van der Waals surface area contributed by atoms with E-state index in [1.54, 1.807) is 0 Å². The Balaban J connectivity index is 1.76. The van der Waals surface area contributed by atoms with Crippen LogP contribution in [0, 0.1) is 5.92 Å². The number of hydrogen-bond acceptors (Lipinski definition) is 3. The van der Waals surface area contributed by atoms with Gasteiger partial charge in [0, 0.05) is 25.7 Å². The molecular weight excluding hydrogens is 164 g/mol. The Bertz CT molecular complexity index is 158. The van der Waals surface area contributed by atoms with Gasteiger partial charge in [0.15, 0.2) is 0 Å². The molecule has 2 N–H and O–H groups in total. The van der Waals surface area contributed by atoms with Crippen LogP contribution in [0.5, 0.6) is 0 Å². The summed E-state index contributed by atoms with van der Waals surface area (Å²) in [5.41, 5.74) is 0. The van der Waals surface area contributed by atoms with E-state index in [2.05, 4.69) is 17.1 Å². The molecule has 0 aromatic carbocycles. The third-order valence-electron chi connectivity index (χ3n) is 3.29. The second-order valence-corrected chi connectivity index (χ2v) is 4.56. The Kier molecular flexibility index (Phi) is 2.86. The smallest absolute Gasteiger partial charge is 0.0704 e. The van der Waals surface area contributed by atoms with Crippen molar-refractivity contribution in [2.75, 3.05) is 26.2 Å². The lowest BCUT2D eigenvalue weighted by Gasteiger charge is -2.19.